The van der Waals surface area contributed by atoms with Gasteiger partial charge in [-0.3, -0.25) is 4.79 Å². The lowest BCUT2D eigenvalue weighted by atomic mass is 10.0. The van der Waals surface area contributed by atoms with E-state index >= 15 is 0 Å². The van der Waals surface area contributed by atoms with Crippen LogP contribution in [-0.4, -0.2) is 23.6 Å². The standard InChI is InChI=1S/C23H30I2N2O3/c1-2-3-4-5-12-27-22(29)11-6-17(26)13-16-14-20(24)23(21(25)15-16)30-19-9-7-18(28)8-10-19/h7-10,14-15,17,28H,2-6,11-13,26H2,1H3,(H,27,29)/t17-/m1/s1. The summed E-state index contributed by atoms with van der Waals surface area (Å²) in [5.74, 6) is 1.76. The number of benzene rings is 2. The van der Waals surface area contributed by atoms with Gasteiger partial charge in [0.05, 0.1) is 7.14 Å². The molecule has 0 aliphatic rings. The van der Waals surface area contributed by atoms with Crippen molar-refractivity contribution in [2.24, 2.45) is 5.73 Å². The van der Waals surface area contributed by atoms with Crippen molar-refractivity contribution in [1.29, 1.82) is 0 Å². The van der Waals surface area contributed by atoms with Crippen molar-refractivity contribution in [3.05, 3.63) is 49.1 Å². The van der Waals surface area contributed by atoms with Crippen molar-refractivity contribution in [2.45, 2.75) is 57.9 Å². The van der Waals surface area contributed by atoms with Crippen LogP contribution in [0.1, 0.15) is 51.0 Å². The average molecular weight is 636 g/mol. The molecule has 164 valence electrons. The summed E-state index contributed by atoms with van der Waals surface area (Å²) in [7, 11) is 0. The van der Waals surface area contributed by atoms with E-state index in [0.717, 1.165) is 37.8 Å². The van der Waals surface area contributed by atoms with E-state index in [0.29, 0.717) is 18.6 Å². The predicted octanol–water partition coefficient (Wildman–Crippen LogP) is 5.74. The summed E-state index contributed by atoms with van der Waals surface area (Å²) in [6, 6.07) is 10.8. The van der Waals surface area contributed by atoms with Crippen LogP contribution in [0.15, 0.2) is 36.4 Å². The Morgan fingerprint density at radius 1 is 1.13 bits per heavy atom. The van der Waals surface area contributed by atoms with Gasteiger partial charge in [-0.15, -0.1) is 0 Å². The number of nitrogens with one attached hydrogen (secondary N) is 1. The van der Waals surface area contributed by atoms with Crippen LogP contribution in [0.2, 0.25) is 0 Å². The van der Waals surface area contributed by atoms with Crippen molar-refractivity contribution in [3.63, 3.8) is 0 Å². The Balaban J connectivity index is 1.83. The summed E-state index contributed by atoms with van der Waals surface area (Å²) in [4.78, 5) is 12.0. The van der Waals surface area contributed by atoms with E-state index in [4.69, 9.17) is 10.5 Å². The van der Waals surface area contributed by atoms with Crippen LogP contribution in [0.4, 0.5) is 0 Å². The second-order valence-electron chi connectivity index (χ2n) is 7.40. The number of phenols is 1. The molecule has 0 heterocycles. The van der Waals surface area contributed by atoms with Gasteiger partial charge in [-0.05, 0) is 106 Å². The van der Waals surface area contributed by atoms with E-state index in [1.54, 1.807) is 24.3 Å². The molecule has 0 aliphatic heterocycles. The second-order valence-corrected chi connectivity index (χ2v) is 9.72. The number of unbranched alkanes of at least 4 members (excludes halogenated alkanes) is 3. The molecule has 0 bridgehead atoms. The zero-order chi connectivity index (χ0) is 21.9. The highest BCUT2D eigenvalue weighted by Crippen LogP contribution is 2.33. The number of carbonyl (C=O) groups excluding carboxylic acids is 1. The fraction of sp³-hybridized carbons (Fsp3) is 0.435. The third-order valence-electron chi connectivity index (χ3n) is 4.71. The Morgan fingerprint density at radius 2 is 1.80 bits per heavy atom. The summed E-state index contributed by atoms with van der Waals surface area (Å²) in [5, 5.41) is 12.4. The number of nitrogens with two attached hydrogens (primary N) is 1. The van der Waals surface area contributed by atoms with Gasteiger partial charge >= 0.3 is 0 Å². The Morgan fingerprint density at radius 3 is 2.43 bits per heavy atom. The molecular weight excluding hydrogens is 606 g/mol. The summed E-state index contributed by atoms with van der Waals surface area (Å²) in [6.07, 6.45) is 6.48. The topological polar surface area (TPSA) is 84.6 Å². The van der Waals surface area contributed by atoms with Gasteiger partial charge in [0.2, 0.25) is 5.91 Å². The summed E-state index contributed by atoms with van der Waals surface area (Å²) < 4.78 is 7.98. The van der Waals surface area contributed by atoms with E-state index in [1.165, 1.54) is 19.3 Å². The van der Waals surface area contributed by atoms with Crippen LogP contribution in [0.3, 0.4) is 0 Å². The first-order chi connectivity index (χ1) is 14.4. The van der Waals surface area contributed by atoms with E-state index in [2.05, 4.69) is 69.6 Å². The minimum Gasteiger partial charge on any atom is -0.508 e. The van der Waals surface area contributed by atoms with E-state index in [1.807, 2.05) is 0 Å². The minimum atomic E-state index is -0.0636. The van der Waals surface area contributed by atoms with Crippen LogP contribution in [-0.2, 0) is 11.2 Å². The minimum absolute atomic E-state index is 0.0636. The lowest BCUT2D eigenvalue weighted by molar-refractivity contribution is -0.121. The average Bonchev–Trinajstić information content (AvgIpc) is 2.70. The van der Waals surface area contributed by atoms with E-state index in [-0.39, 0.29) is 17.7 Å². The molecule has 0 saturated carbocycles. The van der Waals surface area contributed by atoms with E-state index < -0.39 is 0 Å². The maximum absolute atomic E-state index is 12.0. The number of hydrogen-bond donors (Lipinski definition) is 3. The van der Waals surface area contributed by atoms with Crippen LogP contribution in [0.5, 0.6) is 17.2 Å². The third-order valence-corrected chi connectivity index (χ3v) is 6.31. The van der Waals surface area contributed by atoms with E-state index in [9.17, 15) is 9.90 Å². The van der Waals surface area contributed by atoms with Crippen LogP contribution in [0.25, 0.3) is 0 Å². The smallest absolute Gasteiger partial charge is 0.220 e. The molecule has 0 spiro atoms. The molecule has 0 aliphatic carbocycles. The van der Waals surface area contributed by atoms with Gasteiger partial charge in [0, 0.05) is 19.0 Å². The van der Waals surface area contributed by atoms with Crippen molar-refractivity contribution in [3.8, 4) is 17.2 Å². The van der Waals surface area contributed by atoms with Crippen molar-refractivity contribution >= 4 is 51.1 Å². The van der Waals surface area contributed by atoms with Gasteiger partial charge in [0.1, 0.15) is 11.5 Å². The Labute approximate surface area is 206 Å². The highest BCUT2D eigenvalue weighted by atomic mass is 127. The van der Waals surface area contributed by atoms with Crippen LogP contribution >= 0.6 is 45.2 Å². The molecule has 0 unspecified atom stereocenters. The van der Waals surface area contributed by atoms with Gasteiger partial charge in [0.25, 0.3) is 0 Å². The highest BCUT2D eigenvalue weighted by Gasteiger charge is 2.13. The largest absolute Gasteiger partial charge is 0.508 e. The predicted molar refractivity (Wildman–Crippen MR) is 138 cm³/mol. The molecule has 2 aromatic carbocycles. The number of rotatable bonds is 12. The fourth-order valence-corrected chi connectivity index (χ4v) is 5.17. The molecule has 0 aromatic heterocycles. The van der Waals surface area contributed by atoms with Gasteiger partial charge in [-0.1, -0.05) is 26.2 Å². The molecular formula is C23H30I2N2O3. The Hall–Kier alpha value is -1.07. The lowest BCUT2D eigenvalue weighted by Crippen LogP contribution is -2.29. The van der Waals surface area contributed by atoms with Gasteiger partial charge in [-0.2, -0.15) is 0 Å². The number of aromatic hydroxyl groups is 1. The summed E-state index contributed by atoms with van der Waals surface area (Å²) in [6.45, 7) is 2.94. The Kier molecular flexibility index (Phi) is 11.2. The monoisotopic (exact) mass is 636 g/mol. The van der Waals surface area contributed by atoms with Crippen LogP contribution < -0.4 is 15.8 Å². The zero-order valence-corrected chi connectivity index (χ0v) is 21.6. The number of carbonyl (C=O) groups is 1. The molecule has 7 heteroatoms. The zero-order valence-electron chi connectivity index (χ0n) is 17.3. The first-order valence-corrected chi connectivity index (χ1v) is 12.5. The normalized spacial score (nSPS) is 11.9. The summed E-state index contributed by atoms with van der Waals surface area (Å²) in [5.41, 5.74) is 7.42. The van der Waals surface area contributed by atoms with Gasteiger partial charge in [0.15, 0.2) is 5.75 Å². The molecule has 2 rings (SSSR count). The van der Waals surface area contributed by atoms with Gasteiger partial charge in [-0.25, -0.2) is 0 Å². The number of phenolic OH excluding ortho intramolecular Hbond substituents is 1. The number of ether oxygens (including phenoxy) is 1. The number of hydrogen-bond acceptors (Lipinski definition) is 4. The third kappa shape index (κ3) is 8.97. The van der Waals surface area contributed by atoms with Crippen molar-refractivity contribution in [2.75, 3.05) is 6.54 Å². The van der Waals surface area contributed by atoms with Crippen molar-refractivity contribution < 1.29 is 14.6 Å². The Bertz CT molecular complexity index is 790. The highest BCUT2D eigenvalue weighted by molar-refractivity contribution is 14.1. The molecule has 0 fully saturated rings. The summed E-state index contributed by atoms with van der Waals surface area (Å²) >= 11 is 4.53. The molecule has 30 heavy (non-hydrogen) atoms. The molecule has 0 radical (unpaired) electrons. The maximum atomic E-state index is 12.0. The quantitative estimate of drug-likeness (QED) is 0.205. The number of halogens is 2. The fourth-order valence-electron chi connectivity index (χ4n) is 3.05. The van der Waals surface area contributed by atoms with Crippen LogP contribution in [0, 0.1) is 7.14 Å². The lowest BCUT2D eigenvalue weighted by Gasteiger charge is -2.15. The molecule has 4 N–H and O–H groups in total. The molecule has 1 amide bonds. The molecule has 0 saturated heterocycles. The first-order valence-electron chi connectivity index (χ1n) is 10.4. The second kappa shape index (κ2) is 13.4. The first kappa shape index (κ1) is 25.2. The molecule has 5 nitrogen and oxygen atoms in total. The molecule has 1 atom stereocenters. The van der Waals surface area contributed by atoms with Gasteiger partial charge < -0.3 is 20.9 Å². The maximum Gasteiger partial charge on any atom is 0.220 e. The SMILES string of the molecule is CCCCCCNC(=O)CC[C@@H](N)Cc1cc(I)c(Oc2ccc(O)cc2)c(I)c1. The van der Waals surface area contributed by atoms with Crippen molar-refractivity contribution in [1.82, 2.24) is 5.32 Å². The number of amides is 1. The molecule has 2 aromatic rings.